The monoisotopic (exact) mass is 419 g/mol. The summed E-state index contributed by atoms with van der Waals surface area (Å²) < 4.78 is 39.5. The van der Waals surface area contributed by atoms with E-state index in [9.17, 15) is 8.42 Å². The lowest BCUT2D eigenvalue weighted by Crippen LogP contribution is -2.36. The van der Waals surface area contributed by atoms with Crippen LogP contribution in [-0.2, 0) is 19.5 Å². The molecule has 1 N–H and O–H groups in total. The molecule has 160 valence electrons. The van der Waals surface area contributed by atoms with E-state index in [2.05, 4.69) is 37.6 Å². The Hall–Kier alpha value is -0.950. The van der Waals surface area contributed by atoms with Gasteiger partial charge in [-0.25, -0.2) is 13.1 Å². The van der Waals surface area contributed by atoms with Crippen LogP contribution in [-0.4, -0.2) is 45.1 Å². The molecule has 0 bridgehead atoms. The van der Waals surface area contributed by atoms with Gasteiger partial charge in [0.2, 0.25) is 10.0 Å². The Kier molecular flexibility index (Phi) is 4.67. The number of allylic oxidation sites excluding steroid dienone is 3. The molecule has 4 atom stereocenters. The molecule has 2 aliphatic heterocycles. The van der Waals surface area contributed by atoms with Gasteiger partial charge in [0, 0.05) is 13.2 Å². The highest BCUT2D eigenvalue weighted by Crippen LogP contribution is 2.65. The maximum absolute atomic E-state index is 12.5. The van der Waals surface area contributed by atoms with Crippen LogP contribution >= 0.6 is 0 Å². The number of rotatable bonds is 5. The molecule has 0 radical (unpaired) electrons. The standard InChI is InChI=1S/C23H33NO4S/c1-15(2)18-6-8-22(3)9-10-23-19(21(18)22)5-4-16(12-20(23)28-23)13-24-29(25,26)17-7-11-27-14-17/h4-5,15,17,20,24H,6-14H2,1-3H3/t17?,20-,22+,23-/m0/s1. The van der Waals surface area contributed by atoms with Crippen molar-refractivity contribution in [2.45, 2.75) is 76.3 Å². The molecule has 29 heavy (non-hydrogen) atoms. The van der Waals surface area contributed by atoms with E-state index in [0.29, 0.717) is 32.1 Å². The van der Waals surface area contributed by atoms with Gasteiger partial charge >= 0.3 is 0 Å². The molecule has 3 aliphatic carbocycles. The van der Waals surface area contributed by atoms with Crippen LogP contribution in [0.3, 0.4) is 0 Å². The Morgan fingerprint density at radius 3 is 2.79 bits per heavy atom. The molecular weight excluding hydrogens is 386 g/mol. The lowest BCUT2D eigenvalue weighted by Gasteiger charge is -2.39. The third kappa shape index (κ3) is 3.18. The highest BCUT2D eigenvalue weighted by Gasteiger charge is 2.64. The van der Waals surface area contributed by atoms with E-state index in [1.54, 1.807) is 11.1 Å². The second-order valence-electron chi connectivity index (χ2n) is 10.1. The van der Waals surface area contributed by atoms with Crippen LogP contribution in [0.1, 0.15) is 59.3 Å². The molecule has 2 saturated heterocycles. The lowest BCUT2D eigenvalue weighted by molar-refractivity contribution is 0.198. The van der Waals surface area contributed by atoms with E-state index < -0.39 is 15.3 Å². The number of hydrogen-bond donors (Lipinski definition) is 1. The van der Waals surface area contributed by atoms with Gasteiger partial charge in [0.25, 0.3) is 0 Å². The van der Waals surface area contributed by atoms with E-state index in [1.807, 2.05) is 0 Å². The van der Waals surface area contributed by atoms with Crippen molar-refractivity contribution >= 4 is 10.0 Å². The molecule has 0 aromatic rings. The normalized spacial score (nSPS) is 38.9. The van der Waals surface area contributed by atoms with Crippen molar-refractivity contribution in [1.29, 1.82) is 0 Å². The maximum atomic E-state index is 12.5. The van der Waals surface area contributed by atoms with Crippen LogP contribution in [0.25, 0.3) is 0 Å². The minimum absolute atomic E-state index is 0.129. The molecule has 1 unspecified atom stereocenters. The van der Waals surface area contributed by atoms with Crippen LogP contribution in [0.5, 0.6) is 0 Å². The van der Waals surface area contributed by atoms with Gasteiger partial charge in [-0.05, 0) is 61.0 Å². The van der Waals surface area contributed by atoms with Gasteiger partial charge in [-0.1, -0.05) is 44.1 Å². The average Bonchev–Trinajstić information content (AvgIpc) is 3.00. The molecule has 3 fully saturated rings. The highest BCUT2D eigenvalue weighted by molar-refractivity contribution is 7.90. The van der Waals surface area contributed by atoms with Crippen LogP contribution in [0.4, 0.5) is 0 Å². The van der Waals surface area contributed by atoms with Crippen LogP contribution in [0, 0.1) is 11.3 Å². The molecular formula is C23H33NO4S. The Labute approximate surface area is 174 Å². The molecule has 5 rings (SSSR count). The van der Waals surface area contributed by atoms with E-state index in [1.165, 1.54) is 24.8 Å². The van der Waals surface area contributed by atoms with Gasteiger partial charge in [-0.3, -0.25) is 0 Å². The SMILES string of the molecule is CC(C)C1=C2C3=CC=C(CNS(=O)(=O)C4CCOC4)C[C@@H]4O[C@@]34CC[C@@]2(C)CC1. The van der Waals surface area contributed by atoms with E-state index in [-0.39, 0.29) is 17.1 Å². The molecule has 0 aromatic carbocycles. The average molecular weight is 420 g/mol. The fraction of sp³-hybridized carbons (Fsp3) is 0.739. The van der Waals surface area contributed by atoms with Crippen molar-refractivity contribution in [3.05, 3.63) is 34.4 Å². The number of ether oxygens (including phenoxy) is 2. The molecule has 1 saturated carbocycles. The smallest absolute Gasteiger partial charge is 0.217 e. The van der Waals surface area contributed by atoms with Gasteiger partial charge in [-0.2, -0.15) is 0 Å². The van der Waals surface area contributed by atoms with Gasteiger partial charge in [-0.15, -0.1) is 0 Å². The summed E-state index contributed by atoms with van der Waals surface area (Å²) in [5, 5.41) is -0.420. The summed E-state index contributed by atoms with van der Waals surface area (Å²) >= 11 is 0. The number of epoxide rings is 1. The van der Waals surface area contributed by atoms with Crippen LogP contribution in [0.2, 0.25) is 0 Å². The van der Waals surface area contributed by atoms with Crippen molar-refractivity contribution in [1.82, 2.24) is 4.72 Å². The summed E-state index contributed by atoms with van der Waals surface area (Å²) in [6.07, 6.45) is 10.7. The fourth-order valence-electron chi connectivity index (χ4n) is 6.00. The topological polar surface area (TPSA) is 67.9 Å². The highest BCUT2D eigenvalue weighted by atomic mass is 32.2. The van der Waals surface area contributed by atoms with E-state index >= 15 is 0 Å². The molecule has 1 spiro atoms. The predicted molar refractivity (Wildman–Crippen MR) is 113 cm³/mol. The Bertz CT molecular complexity index is 909. The van der Waals surface area contributed by atoms with Crippen molar-refractivity contribution < 1.29 is 17.9 Å². The summed E-state index contributed by atoms with van der Waals surface area (Å²) in [4.78, 5) is 0. The second kappa shape index (κ2) is 6.78. The molecule has 6 heteroatoms. The van der Waals surface area contributed by atoms with Gasteiger partial charge in [0.05, 0.1) is 12.7 Å². The third-order valence-electron chi connectivity index (χ3n) is 7.92. The van der Waals surface area contributed by atoms with Crippen LogP contribution < -0.4 is 4.72 Å². The number of hydrogen-bond acceptors (Lipinski definition) is 4. The number of sulfonamides is 1. The van der Waals surface area contributed by atoms with Crippen molar-refractivity contribution in [3.8, 4) is 0 Å². The zero-order chi connectivity index (χ0) is 20.4. The van der Waals surface area contributed by atoms with Gasteiger partial charge < -0.3 is 9.47 Å². The van der Waals surface area contributed by atoms with Crippen LogP contribution in [0.15, 0.2) is 34.4 Å². The molecule has 5 nitrogen and oxygen atoms in total. The lowest BCUT2D eigenvalue weighted by atomic mass is 9.64. The van der Waals surface area contributed by atoms with Gasteiger partial charge in [0.15, 0.2) is 0 Å². The summed E-state index contributed by atoms with van der Waals surface area (Å²) in [6, 6.07) is 0. The zero-order valence-electron chi connectivity index (χ0n) is 17.8. The largest absolute Gasteiger partial charge is 0.380 e. The van der Waals surface area contributed by atoms with Crippen molar-refractivity contribution in [3.63, 3.8) is 0 Å². The molecule has 0 amide bonds. The molecule has 2 heterocycles. The third-order valence-corrected chi connectivity index (χ3v) is 9.71. The first-order valence-corrected chi connectivity index (χ1v) is 12.7. The summed E-state index contributed by atoms with van der Waals surface area (Å²) in [6.45, 7) is 8.24. The Balaban J connectivity index is 1.41. The first kappa shape index (κ1) is 20.0. The zero-order valence-corrected chi connectivity index (χ0v) is 18.6. The molecule has 0 aromatic heterocycles. The number of nitrogens with one attached hydrogen (secondary N) is 1. The minimum atomic E-state index is -3.33. The molecule has 5 aliphatic rings. The summed E-state index contributed by atoms with van der Waals surface area (Å²) in [7, 11) is -3.33. The predicted octanol–water partition coefficient (Wildman–Crippen LogP) is 3.64. The van der Waals surface area contributed by atoms with E-state index in [0.717, 1.165) is 18.4 Å². The minimum Gasteiger partial charge on any atom is -0.380 e. The van der Waals surface area contributed by atoms with Gasteiger partial charge in [0.1, 0.15) is 10.9 Å². The summed E-state index contributed by atoms with van der Waals surface area (Å²) in [5.74, 6) is 0.562. The van der Waals surface area contributed by atoms with Crippen molar-refractivity contribution in [2.75, 3.05) is 19.8 Å². The second-order valence-corrected chi connectivity index (χ2v) is 12.1. The first-order chi connectivity index (χ1) is 13.8. The Morgan fingerprint density at radius 1 is 1.24 bits per heavy atom. The maximum Gasteiger partial charge on any atom is 0.217 e. The van der Waals surface area contributed by atoms with Crippen molar-refractivity contribution in [2.24, 2.45) is 11.3 Å². The Morgan fingerprint density at radius 2 is 2.07 bits per heavy atom. The van der Waals surface area contributed by atoms with E-state index in [4.69, 9.17) is 9.47 Å². The number of fused-ring (bicyclic) bond motifs is 2. The quantitative estimate of drug-likeness (QED) is 0.691. The summed E-state index contributed by atoms with van der Waals surface area (Å²) in [5.41, 5.74) is 5.81. The first-order valence-electron chi connectivity index (χ1n) is 11.1. The fourth-order valence-corrected chi connectivity index (χ4v) is 7.30.